The van der Waals surface area contributed by atoms with Crippen LogP contribution in [0.15, 0.2) is 12.1 Å². The second kappa shape index (κ2) is 5.88. The Kier molecular flexibility index (Phi) is 4.18. The van der Waals surface area contributed by atoms with Crippen molar-refractivity contribution < 1.29 is 14.7 Å². The maximum atomic E-state index is 11.9. The molecule has 0 aliphatic rings. The zero-order valence-electron chi connectivity index (χ0n) is 11.7. The lowest BCUT2D eigenvalue weighted by molar-refractivity contribution is 0.0698. The Morgan fingerprint density at radius 1 is 1.14 bits per heavy atom. The molecule has 2 aromatic rings. The highest BCUT2D eigenvalue weighted by molar-refractivity contribution is 7.15. The van der Waals surface area contributed by atoms with Crippen LogP contribution in [0.25, 0.3) is 0 Å². The number of aromatic nitrogens is 2. The number of aromatic carboxylic acids is 1. The SMILES string of the molecule is Cc1cc(C)c(NC(=O)Nc2nnc(C)s2)c(C(=O)O)c1. The summed E-state index contributed by atoms with van der Waals surface area (Å²) in [6, 6.07) is 2.76. The van der Waals surface area contributed by atoms with Crippen molar-refractivity contribution in [3.63, 3.8) is 0 Å². The van der Waals surface area contributed by atoms with Gasteiger partial charge in [0.05, 0.1) is 11.3 Å². The minimum absolute atomic E-state index is 0.0519. The van der Waals surface area contributed by atoms with Crippen molar-refractivity contribution in [2.75, 3.05) is 10.6 Å². The molecule has 8 heteroatoms. The fraction of sp³-hybridized carbons (Fsp3) is 0.231. The first-order valence-corrected chi connectivity index (χ1v) is 6.91. The van der Waals surface area contributed by atoms with E-state index in [1.807, 2.05) is 0 Å². The smallest absolute Gasteiger partial charge is 0.337 e. The number of aryl methyl sites for hydroxylation is 3. The molecule has 3 N–H and O–H groups in total. The van der Waals surface area contributed by atoms with E-state index < -0.39 is 12.0 Å². The van der Waals surface area contributed by atoms with E-state index in [9.17, 15) is 14.7 Å². The molecule has 0 radical (unpaired) electrons. The van der Waals surface area contributed by atoms with Gasteiger partial charge < -0.3 is 10.4 Å². The van der Waals surface area contributed by atoms with E-state index in [1.165, 1.54) is 17.4 Å². The second-order valence-corrected chi connectivity index (χ2v) is 5.70. The van der Waals surface area contributed by atoms with Crippen molar-refractivity contribution in [2.45, 2.75) is 20.8 Å². The van der Waals surface area contributed by atoms with Crippen LogP contribution >= 0.6 is 11.3 Å². The third-order valence-electron chi connectivity index (χ3n) is 2.70. The summed E-state index contributed by atoms with van der Waals surface area (Å²) in [5, 5.41) is 22.9. The predicted octanol–water partition coefficient (Wildman–Crippen LogP) is 2.81. The van der Waals surface area contributed by atoms with E-state index in [0.29, 0.717) is 10.7 Å². The van der Waals surface area contributed by atoms with Gasteiger partial charge in [-0.25, -0.2) is 9.59 Å². The van der Waals surface area contributed by atoms with Gasteiger partial charge in [0.25, 0.3) is 0 Å². The molecule has 0 saturated heterocycles. The van der Waals surface area contributed by atoms with Gasteiger partial charge in [-0.05, 0) is 38.0 Å². The van der Waals surface area contributed by atoms with Crippen LogP contribution in [0.4, 0.5) is 15.6 Å². The third kappa shape index (κ3) is 3.54. The molecule has 0 aliphatic carbocycles. The summed E-state index contributed by atoms with van der Waals surface area (Å²) in [6.45, 7) is 5.31. The number of rotatable bonds is 3. The van der Waals surface area contributed by atoms with Crippen LogP contribution in [-0.4, -0.2) is 27.3 Å². The van der Waals surface area contributed by atoms with Gasteiger partial charge in [0.15, 0.2) is 0 Å². The summed E-state index contributed by atoms with van der Waals surface area (Å²) in [5.74, 6) is -1.09. The molecular weight excluding hydrogens is 292 g/mol. The number of nitrogens with one attached hydrogen (secondary N) is 2. The minimum atomic E-state index is -1.09. The van der Waals surface area contributed by atoms with Gasteiger partial charge in [-0.3, -0.25) is 5.32 Å². The number of nitrogens with zero attached hydrogens (tertiary/aromatic N) is 2. The average molecular weight is 306 g/mol. The fourth-order valence-corrected chi connectivity index (χ4v) is 2.48. The van der Waals surface area contributed by atoms with Gasteiger partial charge >= 0.3 is 12.0 Å². The quantitative estimate of drug-likeness (QED) is 0.808. The summed E-state index contributed by atoms with van der Waals surface area (Å²) in [5.41, 5.74) is 1.81. The Hall–Kier alpha value is -2.48. The Morgan fingerprint density at radius 2 is 1.86 bits per heavy atom. The monoisotopic (exact) mass is 306 g/mol. The van der Waals surface area contributed by atoms with Crippen molar-refractivity contribution in [2.24, 2.45) is 0 Å². The topological polar surface area (TPSA) is 104 Å². The van der Waals surface area contributed by atoms with Gasteiger partial charge in [-0.15, -0.1) is 10.2 Å². The molecular formula is C13H14N4O3S. The summed E-state index contributed by atoms with van der Waals surface area (Å²) in [7, 11) is 0. The molecule has 1 aromatic carbocycles. The van der Waals surface area contributed by atoms with Gasteiger partial charge in [0.2, 0.25) is 5.13 Å². The molecule has 1 heterocycles. The van der Waals surface area contributed by atoms with Crippen LogP contribution in [-0.2, 0) is 0 Å². The number of urea groups is 1. The maximum absolute atomic E-state index is 11.9. The van der Waals surface area contributed by atoms with Gasteiger partial charge in [-0.2, -0.15) is 0 Å². The molecule has 7 nitrogen and oxygen atoms in total. The molecule has 2 rings (SSSR count). The third-order valence-corrected chi connectivity index (χ3v) is 3.45. The molecule has 0 unspecified atom stereocenters. The maximum Gasteiger partial charge on any atom is 0.337 e. The lowest BCUT2D eigenvalue weighted by Crippen LogP contribution is -2.21. The normalized spacial score (nSPS) is 10.2. The summed E-state index contributed by atoms with van der Waals surface area (Å²) in [4.78, 5) is 23.2. The van der Waals surface area contributed by atoms with Crippen LogP contribution < -0.4 is 10.6 Å². The largest absolute Gasteiger partial charge is 0.478 e. The van der Waals surface area contributed by atoms with E-state index in [1.54, 1.807) is 26.8 Å². The number of hydrogen-bond acceptors (Lipinski definition) is 5. The van der Waals surface area contributed by atoms with Crippen LogP contribution in [0.5, 0.6) is 0 Å². The van der Waals surface area contributed by atoms with Crippen molar-refractivity contribution in [1.29, 1.82) is 0 Å². The Labute approximate surface area is 125 Å². The number of anilines is 2. The van der Waals surface area contributed by atoms with E-state index in [-0.39, 0.29) is 11.3 Å². The molecule has 0 fully saturated rings. The number of carbonyl (C=O) groups excluding carboxylic acids is 1. The first-order valence-electron chi connectivity index (χ1n) is 6.09. The summed E-state index contributed by atoms with van der Waals surface area (Å²) >= 11 is 1.23. The van der Waals surface area contributed by atoms with Crippen LogP contribution in [0, 0.1) is 20.8 Å². The number of carbonyl (C=O) groups is 2. The van der Waals surface area contributed by atoms with E-state index in [4.69, 9.17) is 0 Å². The number of carboxylic acid groups (broad SMARTS) is 1. The van der Waals surface area contributed by atoms with Crippen molar-refractivity contribution in [3.8, 4) is 0 Å². The highest BCUT2D eigenvalue weighted by Gasteiger charge is 2.16. The molecule has 0 saturated carbocycles. The van der Waals surface area contributed by atoms with Crippen LogP contribution in [0.3, 0.4) is 0 Å². The number of hydrogen-bond donors (Lipinski definition) is 3. The standard InChI is InChI=1S/C13H14N4O3S/c1-6-4-7(2)10(9(5-6)11(18)19)14-12(20)15-13-17-16-8(3)21-13/h4-5H,1-3H3,(H,18,19)(H2,14,15,17,20). The Bertz CT molecular complexity index is 711. The highest BCUT2D eigenvalue weighted by Crippen LogP contribution is 2.23. The predicted molar refractivity (Wildman–Crippen MR) is 80.2 cm³/mol. The van der Waals surface area contributed by atoms with Crippen molar-refractivity contribution in [1.82, 2.24) is 10.2 Å². The molecule has 1 aromatic heterocycles. The Balaban J connectivity index is 2.22. The highest BCUT2D eigenvalue weighted by atomic mass is 32.1. The molecule has 2 amide bonds. The van der Waals surface area contributed by atoms with Crippen molar-refractivity contribution in [3.05, 3.63) is 33.8 Å². The zero-order chi connectivity index (χ0) is 15.6. The number of benzene rings is 1. The van der Waals surface area contributed by atoms with Crippen molar-refractivity contribution >= 4 is 34.2 Å². The van der Waals surface area contributed by atoms with Crippen LogP contribution in [0.2, 0.25) is 0 Å². The van der Waals surface area contributed by atoms with Gasteiger partial charge in [-0.1, -0.05) is 17.4 Å². The number of amides is 2. The Morgan fingerprint density at radius 3 is 2.43 bits per heavy atom. The number of carboxylic acids is 1. The molecule has 0 aliphatic heterocycles. The molecule has 21 heavy (non-hydrogen) atoms. The minimum Gasteiger partial charge on any atom is -0.478 e. The van der Waals surface area contributed by atoms with E-state index >= 15 is 0 Å². The molecule has 0 bridgehead atoms. The lowest BCUT2D eigenvalue weighted by atomic mass is 10.0. The first kappa shape index (κ1) is 14.9. The first-order chi connectivity index (χ1) is 9.86. The summed E-state index contributed by atoms with van der Waals surface area (Å²) < 4.78 is 0. The van der Waals surface area contributed by atoms with E-state index in [2.05, 4.69) is 20.8 Å². The van der Waals surface area contributed by atoms with Gasteiger partial charge in [0, 0.05) is 0 Å². The van der Waals surface area contributed by atoms with Gasteiger partial charge in [0.1, 0.15) is 5.01 Å². The molecule has 0 spiro atoms. The average Bonchev–Trinajstić information content (AvgIpc) is 2.77. The fourth-order valence-electron chi connectivity index (χ4n) is 1.89. The lowest BCUT2D eigenvalue weighted by Gasteiger charge is -2.12. The summed E-state index contributed by atoms with van der Waals surface area (Å²) in [6.07, 6.45) is 0. The van der Waals surface area contributed by atoms with Crippen LogP contribution in [0.1, 0.15) is 26.5 Å². The van der Waals surface area contributed by atoms with E-state index in [0.717, 1.165) is 10.6 Å². The molecule has 0 atom stereocenters. The molecule has 110 valence electrons. The zero-order valence-corrected chi connectivity index (χ0v) is 12.5. The second-order valence-electron chi connectivity index (χ2n) is 4.51.